The van der Waals surface area contributed by atoms with Crippen LogP contribution in [-0.2, 0) is 30.5 Å². The number of rotatable bonds is 10. The third-order valence-electron chi connectivity index (χ3n) is 7.73. The van der Waals surface area contributed by atoms with Crippen LogP contribution in [0.1, 0.15) is 55.2 Å². The molecule has 226 valence electrons. The second kappa shape index (κ2) is 12.3. The summed E-state index contributed by atoms with van der Waals surface area (Å²) in [6.45, 7) is 6.09. The molecule has 0 unspecified atom stereocenters. The van der Waals surface area contributed by atoms with E-state index in [0.29, 0.717) is 25.2 Å². The molecule has 0 bridgehead atoms. The highest BCUT2D eigenvalue weighted by Crippen LogP contribution is 2.27. The number of alkyl carbamates (subject to hydrolysis) is 1. The maximum Gasteiger partial charge on any atom is 0.408 e. The van der Waals surface area contributed by atoms with Crippen LogP contribution in [0.2, 0.25) is 0 Å². The van der Waals surface area contributed by atoms with E-state index in [1.807, 2.05) is 69.4 Å². The Balaban J connectivity index is 1.38. The summed E-state index contributed by atoms with van der Waals surface area (Å²) in [5.74, 6) is 2.28. The number of methoxy groups -OCH3 is 1. The Morgan fingerprint density at radius 2 is 1.57 bits per heavy atom. The molecule has 1 amide bonds. The van der Waals surface area contributed by atoms with Crippen LogP contribution in [0.15, 0.2) is 85.2 Å². The molecule has 0 spiro atoms. The summed E-state index contributed by atoms with van der Waals surface area (Å²) >= 11 is 0. The quantitative estimate of drug-likeness (QED) is 0.161. The summed E-state index contributed by atoms with van der Waals surface area (Å²) in [5, 5.41) is 14.8. The lowest BCUT2D eigenvalue weighted by molar-refractivity contribution is 0.0500. The topological polar surface area (TPSA) is 110 Å². The van der Waals surface area contributed by atoms with Gasteiger partial charge in [0.2, 0.25) is 0 Å². The molecule has 0 saturated heterocycles. The predicted molar refractivity (Wildman–Crippen MR) is 172 cm³/mol. The van der Waals surface area contributed by atoms with Crippen LogP contribution in [0.25, 0.3) is 21.8 Å². The molecule has 9 nitrogen and oxygen atoms in total. The number of fused-ring (bicyclic) bond motifs is 2. The number of amides is 1. The van der Waals surface area contributed by atoms with Gasteiger partial charge in [0.05, 0.1) is 19.7 Å². The fourth-order valence-electron chi connectivity index (χ4n) is 5.68. The van der Waals surface area contributed by atoms with Crippen molar-refractivity contribution in [2.24, 2.45) is 0 Å². The molecule has 0 radical (unpaired) electrons. The van der Waals surface area contributed by atoms with Gasteiger partial charge in [-0.3, -0.25) is 0 Å². The van der Waals surface area contributed by atoms with Gasteiger partial charge < -0.3 is 29.3 Å². The molecule has 0 fully saturated rings. The minimum atomic E-state index is -0.645. The zero-order valence-electron chi connectivity index (χ0n) is 25.6. The van der Waals surface area contributed by atoms with Gasteiger partial charge in [-0.2, -0.15) is 0 Å². The van der Waals surface area contributed by atoms with Crippen LogP contribution in [-0.4, -0.2) is 43.5 Å². The first-order chi connectivity index (χ1) is 21.3. The highest BCUT2D eigenvalue weighted by atomic mass is 16.6. The molecule has 3 aromatic heterocycles. The van der Waals surface area contributed by atoms with E-state index >= 15 is 0 Å². The van der Waals surface area contributed by atoms with Crippen molar-refractivity contribution in [1.29, 1.82) is 0 Å². The fourth-order valence-corrected chi connectivity index (χ4v) is 5.68. The monoisotopic (exact) mass is 590 g/mol. The van der Waals surface area contributed by atoms with Gasteiger partial charge in [-0.05, 0) is 68.1 Å². The summed E-state index contributed by atoms with van der Waals surface area (Å²) in [6.07, 6.45) is 5.52. The van der Waals surface area contributed by atoms with Gasteiger partial charge in [0.25, 0.3) is 0 Å². The van der Waals surface area contributed by atoms with Crippen molar-refractivity contribution < 1.29 is 14.3 Å². The van der Waals surface area contributed by atoms with E-state index in [1.54, 1.807) is 7.11 Å². The molecular formula is C35H38N6O3. The molecule has 6 rings (SSSR count). The first-order valence-electron chi connectivity index (χ1n) is 14.9. The highest BCUT2D eigenvalue weighted by Gasteiger charge is 2.27. The van der Waals surface area contributed by atoms with Crippen LogP contribution >= 0.6 is 0 Å². The van der Waals surface area contributed by atoms with Crippen molar-refractivity contribution in [2.75, 3.05) is 7.11 Å². The van der Waals surface area contributed by atoms with E-state index < -0.39 is 17.7 Å². The number of aromatic amines is 2. The fraction of sp³-hybridized carbons (Fsp3) is 0.286. The van der Waals surface area contributed by atoms with E-state index in [0.717, 1.165) is 45.5 Å². The lowest BCUT2D eigenvalue weighted by Gasteiger charge is -2.24. The van der Waals surface area contributed by atoms with Crippen molar-refractivity contribution in [3.05, 3.63) is 114 Å². The largest absolute Gasteiger partial charge is 0.497 e. The zero-order valence-corrected chi connectivity index (χ0v) is 25.6. The molecule has 3 aromatic carbocycles. The number of benzene rings is 3. The van der Waals surface area contributed by atoms with Crippen molar-refractivity contribution in [2.45, 2.75) is 58.2 Å². The van der Waals surface area contributed by atoms with Crippen molar-refractivity contribution in [3.63, 3.8) is 0 Å². The molecule has 0 aliphatic rings. The van der Waals surface area contributed by atoms with Gasteiger partial charge in [0.1, 0.15) is 17.2 Å². The number of hydrogen-bond acceptors (Lipinski definition) is 5. The first-order valence-corrected chi connectivity index (χ1v) is 14.9. The molecule has 9 heteroatoms. The molecule has 6 aromatic rings. The maximum atomic E-state index is 13.2. The molecule has 1 atom stereocenters. The third kappa shape index (κ3) is 6.46. The smallest absolute Gasteiger partial charge is 0.408 e. The minimum absolute atomic E-state index is 0.496. The second-order valence-electron chi connectivity index (χ2n) is 12.0. The number of nitrogens with zero attached hydrogens (tertiary/aromatic N) is 3. The Hall–Kier alpha value is -5.05. The Morgan fingerprint density at radius 1 is 0.886 bits per heavy atom. The summed E-state index contributed by atoms with van der Waals surface area (Å²) in [6, 6.07) is 23.9. The summed E-state index contributed by atoms with van der Waals surface area (Å²) < 4.78 is 13.3. The lowest BCUT2D eigenvalue weighted by Crippen LogP contribution is -2.37. The van der Waals surface area contributed by atoms with Gasteiger partial charge in [-0.15, -0.1) is 10.2 Å². The molecule has 44 heavy (non-hydrogen) atoms. The minimum Gasteiger partial charge on any atom is -0.497 e. The Labute approximate surface area is 256 Å². The summed E-state index contributed by atoms with van der Waals surface area (Å²) in [4.78, 5) is 19.9. The van der Waals surface area contributed by atoms with Crippen molar-refractivity contribution in [3.8, 4) is 5.75 Å². The van der Waals surface area contributed by atoms with Crippen LogP contribution in [0, 0.1) is 0 Å². The van der Waals surface area contributed by atoms with Gasteiger partial charge >= 0.3 is 6.09 Å². The average Bonchev–Trinajstić information content (AvgIpc) is 3.72. The normalized spacial score (nSPS) is 12.5. The van der Waals surface area contributed by atoms with Crippen LogP contribution in [0.5, 0.6) is 5.75 Å². The van der Waals surface area contributed by atoms with E-state index in [1.165, 1.54) is 10.9 Å². The number of aryl methyl sites for hydroxylation is 2. The lowest BCUT2D eigenvalue weighted by atomic mass is 10.0. The molecule has 0 aliphatic carbocycles. The molecular weight excluding hydrogens is 552 g/mol. The molecule has 3 heterocycles. The number of ether oxygens (including phenoxy) is 2. The van der Waals surface area contributed by atoms with Gasteiger partial charge in [0.15, 0.2) is 5.82 Å². The van der Waals surface area contributed by atoms with Gasteiger partial charge in [-0.25, -0.2) is 4.79 Å². The summed E-state index contributed by atoms with van der Waals surface area (Å²) in [5.41, 5.74) is 4.84. The number of aromatic nitrogens is 5. The van der Waals surface area contributed by atoms with E-state index in [9.17, 15) is 4.79 Å². The second-order valence-corrected chi connectivity index (χ2v) is 12.0. The number of hydrogen-bond donors (Lipinski definition) is 3. The van der Waals surface area contributed by atoms with Crippen LogP contribution in [0.3, 0.4) is 0 Å². The average molecular weight is 591 g/mol. The molecule has 3 N–H and O–H groups in total. The van der Waals surface area contributed by atoms with Crippen molar-refractivity contribution >= 4 is 27.9 Å². The Kier molecular flexibility index (Phi) is 8.11. The van der Waals surface area contributed by atoms with Crippen molar-refractivity contribution in [1.82, 2.24) is 30.0 Å². The number of H-pyrrole nitrogens is 2. The Bertz CT molecular complexity index is 1890. The van der Waals surface area contributed by atoms with Crippen LogP contribution < -0.4 is 10.1 Å². The summed E-state index contributed by atoms with van der Waals surface area (Å²) in [7, 11) is 1.66. The number of carbonyl (C=O) groups is 1. The van der Waals surface area contributed by atoms with E-state index in [4.69, 9.17) is 19.7 Å². The number of para-hydroxylation sites is 2. The maximum absolute atomic E-state index is 13.2. The molecule has 0 aliphatic heterocycles. The van der Waals surface area contributed by atoms with Gasteiger partial charge in [-0.1, -0.05) is 48.5 Å². The third-order valence-corrected chi connectivity index (χ3v) is 7.73. The van der Waals surface area contributed by atoms with E-state index in [2.05, 4.69) is 56.4 Å². The molecule has 0 saturated carbocycles. The van der Waals surface area contributed by atoms with Crippen LogP contribution in [0.4, 0.5) is 4.79 Å². The SMILES string of the molecule is COc1cccc(Cn2c(CCc3c[nH]c4ccccc34)nnc2[C@@H](Cc2c[nH]c3ccccc23)NC(=O)OC(C)(C)C)c1. The first kappa shape index (κ1) is 29.0. The standard InChI is InChI=1S/C35H38N6O3/c1-35(2,3)44-34(42)38-31(19-25-21-37-30-15-8-6-13-28(25)30)33-40-39-32(41(33)22-23-10-9-11-26(18-23)43-4)17-16-24-20-36-29-14-7-5-12-27(24)29/h5-15,18,20-21,31,36-37H,16-17,19,22H2,1-4H3,(H,38,42)/t31-/m1/s1. The predicted octanol–water partition coefficient (Wildman–Crippen LogP) is 6.89. The number of nitrogens with one attached hydrogen (secondary N) is 3. The van der Waals surface area contributed by atoms with E-state index in [-0.39, 0.29) is 0 Å². The number of carbonyl (C=O) groups excluding carboxylic acids is 1. The van der Waals surface area contributed by atoms with Gasteiger partial charge in [0, 0.05) is 47.0 Å². The highest BCUT2D eigenvalue weighted by molar-refractivity contribution is 5.84. The zero-order chi connectivity index (χ0) is 30.7. The Morgan fingerprint density at radius 3 is 2.27 bits per heavy atom.